The lowest BCUT2D eigenvalue weighted by Crippen LogP contribution is -2.27. The molecule has 1 saturated heterocycles. The summed E-state index contributed by atoms with van der Waals surface area (Å²) in [7, 11) is 0. The van der Waals surface area contributed by atoms with Crippen molar-refractivity contribution >= 4 is 28.0 Å². The average Bonchev–Trinajstić information content (AvgIpc) is 3.47. The molecule has 8 heteroatoms. The molecule has 1 saturated carbocycles. The number of anilines is 1. The quantitative estimate of drug-likeness (QED) is 0.536. The Kier molecular flexibility index (Phi) is 4.10. The van der Waals surface area contributed by atoms with Crippen molar-refractivity contribution in [3.8, 4) is 0 Å². The maximum absolute atomic E-state index is 6.37. The lowest BCUT2D eigenvalue weighted by Gasteiger charge is -2.24. The summed E-state index contributed by atoms with van der Waals surface area (Å²) in [6, 6.07) is 7.99. The Morgan fingerprint density at radius 3 is 2.90 bits per heavy atom. The van der Waals surface area contributed by atoms with Gasteiger partial charge in [-0.05, 0) is 50.8 Å². The minimum absolute atomic E-state index is 0.0270. The average molecular weight is 419 g/mol. The van der Waals surface area contributed by atoms with E-state index in [0.717, 1.165) is 47.2 Å². The van der Waals surface area contributed by atoms with Crippen molar-refractivity contribution in [1.82, 2.24) is 19.5 Å². The number of rotatable bonds is 4. The van der Waals surface area contributed by atoms with Gasteiger partial charge in [0.2, 0.25) is 0 Å². The Balaban J connectivity index is 1.28. The minimum atomic E-state index is -0.605. The number of aromatic nitrogens is 4. The Morgan fingerprint density at radius 2 is 2.03 bits per heavy atom. The molecule has 31 heavy (non-hydrogen) atoms. The van der Waals surface area contributed by atoms with Gasteiger partial charge in [-0.2, -0.15) is 0 Å². The fourth-order valence-corrected chi connectivity index (χ4v) is 5.24. The molecule has 6 rings (SSSR count). The maximum atomic E-state index is 6.37. The number of nitrogens with zero attached hydrogens (tertiary/aromatic N) is 4. The first kappa shape index (κ1) is 18.8. The summed E-state index contributed by atoms with van der Waals surface area (Å²) in [6.45, 7) is 3.97. The zero-order valence-corrected chi connectivity index (χ0v) is 17.6. The first-order valence-corrected chi connectivity index (χ1v) is 10.7. The maximum Gasteiger partial charge on any atom is 0.163 e. The van der Waals surface area contributed by atoms with E-state index < -0.39 is 5.79 Å². The number of fused-ring (bicyclic) bond motifs is 3. The smallest absolute Gasteiger partial charge is 0.163 e. The van der Waals surface area contributed by atoms with Gasteiger partial charge < -0.3 is 24.2 Å². The molecule has 0 bridgehead atoms. The van der Waals surface area contributed by atoms with Crippen LogP contribution in [0.2, 0.25) is 0 Å². The van der Waals surface area contributed by atoms with Crippen LogP contribution in [0.4, 0.5) is 5.82 Å². The molecular formula is C23H25N5O3. The van der Waals surface area contributed by atoms with E-state index in [4.69, 9.17) is 19.6 Å². The molecule has 160 valence electrons. The molecule has 0 radical (unpaired) electrons. The van der Waals surface area contributed by atoms with Gasteiger partial charge in [0, 0.05) is 24.9 Å². The van der Waals surface area contributed by atoms with Crippen molar-refractivity contribution in [2.24, 2.45) is 5.92 Å². The fraction of sp³-hybridized carbons (Fsp3) is 0.435. The van der Waals surface area contributed by atoms with Crippen LogP contribution < -0.4 is 5.73 Å². The number of hydrogen-bond donors (Lipinski definition) is 1. The molecule has 4 aromatic rings. The lowest BCUT2D eigenvalue weighted by atomic mass is 9.98. The van der Waals surface area contributed by atoms with Crippen molar-refractivity contribution in [3.05, 3.63) is 48.7 Å². The van der Waals surface area contributed by atoms with E-state index in [1.807, 2.05) is 44.3 Å². The Hall–Kier alpha value is -2.97. The molecule has 0 aromatic carbocycles. The molecular weight excluding hydrogens is 394 g/mol. The molecule has 2 fully saturated rings. The molecule has 0 amide bonds. The van der Waals surface area contributed by atoms with E-state index in [2.05, 4.69) is 19.5 Å². The molecule has 4 atom stereocenters. The standard InChI is InChI=1S/C23H25N5O3/c1-23(2)30-19-13(5-6-14-11-16-18(29-14)4-3-8-25-16)10-17(20(19)31-23)28-9-7-15-21(24)26-12-27-22(15)28/h3-4,7-9,11-13,17,19-20H,5-6,10H2,1-2H3,(H2,24,26,27)/t13-,17+,19+,20-/m0/s1. The largest absolute Gasteiger partial charge is 0.459 e. The van der Waals surface area contributed by atoms with Crippen LogP contribution in [0.1, 0.15) is 38.5 Å². The predicted octanol–water partition coefficient (Wildman–Crippen LogP) is 3.87. The summed E-state index contributed by atoms with van der Waals surface area (Å²) < 4.78 is 20.9. The van der Waals surface area contributed by atoms with E-state index >= 15 is 0 Å². The third-order valence-electron chi connectivity index (χ3n) is 6.55. The summed E-state index contributed by atoms with van der Waals surface area (Å²) in [5, 5.41) is 0.871. The van der Waals surface area contributed by atoms with Crippen molar-refractivity contribution in [1.29, 1.82) is 0 Å². The summed E-state index contributed by atoms with van der Waals surface area (Å²) in [5.74, 6) is 1.19. The highest BCUT2D eigenvalue weighted by Crippen LogP contribution is 2.49. The van der Waals surface area contributed by atoms with E-state index in [0.29, 0.717) is 11.7 Å². The van der Waals surface area contributed by atoms with Crippen molar-refractivity contribution in [3.63, 3.8) is 0 Å². The number of ether oxygens (including phenoxy) is 2. The zero-order valence-electron chi connectivity index (χ0n) is 17.6. The van der Waals surface area contributed by atoms with E-state index in [1.54, 1.807) is 6.20 Å². The lowest BCUT2D eigenvalue weighted by molar-refractivity contribution is -0.160. The van der Waals surface area contributed by atoms with Crippen molar-refractivity contribution in [2.45, 2.75) is 57.1 Å². The van der Waals surface area contributed by atoms with Crippen molar-refractivity contribution < 1.29 is 13.9 Å². The number of pyridine rings is 1. The number of furan rings is 1. The van der Waals surface area contributed by atoms with Gasteiger partial charge in [-0.1, -0.05) is 0 Å². The van der Waals surface area contributed by atoms with Gasteiger partial charge in [-0.15, -0.1) is 0 Å². The highest BCUT2D eigenvalue weighted by atomic mass is 16.8. The molecule has 1 aliphatic heterocycles. The molecule has 0 unspecified atom stereocenters. The second kappa shape index (κ2) is 6.77. The highest BCUT2D eigenvalue weighted by Gasteiger charge is 2.54. The third kappa shape index (κ3) is 3.09. The van der Waals surface area contributed by atoms with Crippen LogP contribution in [0.15, 0.2) is 47.4 Å². The van der Waals surface area contributed by atoms with Gasteiger partial charge in [-0.25, -0.2) is 9.97 Å². The summed E-state index contributed by atoms with van der Waals surface area (Å²) in [5.41, 5.74) is 8.63. The molecule has 0 spiro atoms. The molecule has 5 heterocycles. The number of aryl methyl sites for hydroxylation is 1. The minimum Gasteiger partial charge on any atom is -0.459 e. The molecule has 4 aromatic heterocycles. The van der Waals surface area contributed by atoms with Crippen LogP contribution in [0.25, 0.3) is 22.1 Å². The first-order valence-electron chi connectivity index (χ1n) is 10.7. The second-order valence-corrected chi connectivity index (χ2v) is 8.99. The number of nitrogen functional groups attached to an aromatic ring is 1. The second-order valence-electron chi connectivity index (χ2n) is 8.99. The van der Waals surface area contributed by atoms with Crippen molar-refractivity contribution in [2.75, 3.05) is 5.73 Å². The Labute approximate surface area is 179 Å². The van der Waals surface area contributed by atoms with E-state index in [9.17, 15) is 0 Å². The van der Waals surface area contributed by atoms with Gasteiger partial charge in [0.05, 0.1) is 17.5 Å². The molecule has 1 aliphatic carbocycles. The first-order chi connectivity index (χ1) is 15.0. The van der Waals surface area contributed by atoms with Gasteiger partial charge in [0.1, 0.15) is 35.2 Å². The van der Waals surface area contributed by atoms with E-state index in [-0.39, 0.29) is 18.2 Å². The van der Waals surface area contributed by atoms with Crippen LogP contribution in [0.3, 0.4) is 0 Å². The van der Waals surface area contributed by atoms with Crippen LogP contribution in [-0.2, 0) is 15.9 Å². The third-order valence-corrected chi connectivity index (χ3v) is 6.55. The fourth-order valence-electron chi connectivity index (χ4n) is 5.24. The van der Waals surface area contributed by atoms with Crippen LogP contribution in [-0.4, -0.2) is 37.5 Å². The van der Waals surface area contributed by atoms with Gasteiger partial charge in [0.15, 0.2) is 11.4 Å². The Morgan fingerprint density at radius 1 is 1.16 bits per heavy atom. The van der Waals surface area contributed by atoms with Crippen LogP contribution >= 0.6 is 0 Å². The monoisotopic (exact) mass is 419 g/mol. The summed E-state index contributed by atoms with van der Waals surface area (Å²) in [4.78, 5) is 13.0. The molecule has 8 nitrogen and oxygen atoms in total. The molecule has 2 N–H and O–H groups in total. The highest BCUT2D eigenvalue weighted by molar-refractivity contribution is 5.86. The SMILES string of the molecule is CC1(C)O[C@@H]2[C@@H](CCc3cc4ncccc4o3)C[C@@H](n3ccc4c(N)ncnc43)[C@@H]2O1. The summed E-state index contributed by atoms with van der Waals surface area (Å²) in [6.07, 6.45) is 8.07. The van der Waals surface area contributed by atoms with Gasteiger partial charge in [0.25, 0.3) is 0 Å². The molecule has 2 aliphatic rings. The zero-order chi connectivity index (χ0) is 21.2. The van der Waals surface area contributed by atoms with E-state index in [1.165, 1.54) is 6.33 Å². The normalized spacial score (nSPS) is 27.3. The van der Waals surface area contributed by atoms with Crippen LogP contribution in [0, 0.1) is 5.92 Å². The van der Waals surface area contributed by atoms with Crippen LogP contribution in [0.5, 0.6) is 0 Å². The van der Waals surface area contributed by atoms with Gasteiger partial charge >= 0.3 is 0 Å². The number of hydrogen-bond acceptors (Lipinski definition) is 7. The topological polar surface area (TPSA) is 101 Å². The summed E-state index contributed by atoms with van der Waals surface area (Å²) >= 11 is 0. The predicted molar refractivity (Wildman–Crippen MR) is 115 cm³/mol. The Bertz CT molecular complexity index is 1230. The van der Waals surface area contributed by atoms with Gasteiger partial charge in [-0.3, -0.25) is 4.98 Å². The number of nitrogens with two attached hydrogens (primary N) is 1.